The number of aromatic nitrogens is 3. The zero-order chi connectivity index (χ0) is 14.7. The fourth-order valence-electron chi connectivity index (χ4n) is 2.15. The lowest BCUT2D eigenvalue weighted by molar-refractivity contribution is -0.119. The van der Waals surface area contributed by atoms with Crippen molar-refractivity contribution in [1.82, 2.24) is 20.3 Å². The minimum atomic E-state index is -0.00242. The van der Waals surface area contributed by atoms with Crippen molar-refractivity contribution >= 4 is 23.8 Å². The highest BCUT2D eigenvalue weighted by molar-refractivity contribution is 5.73. The van der Waals surface area contributed by atoms with Crippen molar-refractivity contribution in [2.24, 2.45) is 0 Å². The summed E-state index contributed by atoms with van der Waals surface area (Å²) in [7, 11) is 5.56. The smallest absolute Gasteiger partial charge is 0.232 e. The lowest BCUT2D eigenvalue weighted by Gasteiger charge is -2.19. The highest BCUT2D eigenvalue weighted by atomic mass is 16.1. The summed E-state index contributed by atoms with van der Waals surface area (Å²) in [4.78, 5) is 28.1. The van der Waals surface area contributed by atoms with Crippen LogP contribution in [-0.4, -0.2) is 61.1 Å². The van der Waals surface area contributed by atoms with Crippen LogP contribution in [0.2, 0.25) is 0 Å². The fourth-order valence-corrected chi connectivity index (χ4v) is 2.15. The first-order valence-corrected chi connectivity index (χ1v) is 6.63. The van der Waals surface area contributed by atoms with Gasteiger partial charge < -0.3 is 20.4 Å². The lowest BCUT2D eigenvalue weighted by Crippen LogP contribution is -2.36. The monoisotopic (exact) mass is 279 g/mol. The Balaban J connectivity index is 2.16. The van der Waals surface area contributed by atoms with Gasteiger partial charge in [-0.1, -0.05) is 0 Å². The standard InChI is InChI=1S/C12H21N7O/c1-8(20)14-9-5-6-19(7-9)12-16-10(13-2)15-11(17-12)18(3)4/h9H,5-7H2,1-4H3,(H,14,20)(H,13,15,16,17). The van der Waals surface area contributed by atoms with Crippen LogP contribution in [0.4, 0.5) is 17.8 Å². The maximum absolute atomic E-state index is 11.1. The molecule has 0 bridgehead atoms. The number of nitrogens with zero attached hydrogens (tertiary/aromatic N) is 5. The highest BCUT2D eigenvalue weighted by Crippen LogP contribution is 2.19. The van der Waals surface area contributed by atoms with Gasteiger partial charge in [0, 0.05) is 47.2 Å². The van der Waals surface area contributed by atoms with Crippen LogP contribution in [0.1, 0.15) is 13.3 Å². The molecule has 0 radical (unpaired) electrons. The molecule has 0 spiro atoms. The van der Waals surface area contributed by atoms with Crippen molar-refractivity contribution in [2.75, 3.05) is 49.3 Å². The number of anilines is 3. The molecule has 0 saturated carbocycles. The summed E-state index contributed by atoms with van der Waals surface area (Å²) in [6, 6.07) is 0.158. The molecule has 2 rings (SSSR count). The van der Waals surface area contributed by atoms with Gasteiger partial charge in [-0.2, -0.15) is 15.0 Å². The predicted octanol–water partition coefficient (Wildman–Crippen LogP) is -0.306. The second kappa shape index (κ2) is 5.89. The molecule has 1 fully saturated rings. The van der Waals surface area contributed by atoms with E-state index in [0.717, 1.165) is 19.5 Å². The van der Waals surface area contributed by atoms with E-state index in [1.165, 1.54) is 6.92 Å². The van der Waals surface area contributed by atoms with Gasteiger partial charge >= 0.3 is 0 Å². The highest BCUT2D eigenvalue weighted by Gasteiger charge is 2.25. The van der Waals surface area contributed by atoms with E-state index in [-0.39, 0.29) is 11.9 Å². The summed E-state index contributed by atoms with van der Waals surface area (Å²) in [6.07, 6.45) is 0.900. The van der Waals surface area contributed by atoms with Gasteiger partial charge in [-0.15, -0.1) is 0 Å². The molecule has 1 aromatic heterocycles. The summed E-state index contributed by atoms with van der Waals surface area (Å²) < 4.78 is 0. The molecule has 1 aliphatic rings. The van der Waals surface area contributed by atoms with Crippen LogP contribution >= 0.6 is 0 Å². The van der Waals surface area contributed by atoms with Crippen LogP contribution < -0.4 is 20.4 Å². The number of carbonyl (C=O) groups excluding carboxylic acids is 1. The van der Waals surface area contributed by atoms with Crippen molar-refractivity contribution in [3.05, 3.63) is 0 Å². The minimum Gasteiger partial charge on any atom is -0.357 e. The molecule has 20 heavy (non-hydrogen) atoms. The largest absolute Gasteiger partial charge is 0.357 e. The molecule has 110 valence electrons. The van der Waals surface area contributed by atoms with E-state index < -0.39 is 0 Å². The molecular weight excluding hydrogens is 258 g/mol. The van der Waals surface area contributed by atoms with E-state index >= 15 is 0 Å². The van der Waals surface area contributed by atoms with E-state index in [0.29, 0.717) is 17.8 Å². The third-order valence-corrected chi connectivity index (χ3v) is 3.11. The Morgan fingerprint density at radius 1 is 1.35 bits per heavy atom. The van der Waals surface area contributed by atoms with Gasteiger partial charge in [-0.25, -0.2) is 0 Å². The molecule has 1 atom stereocenters. The number of hydrogen-bond donors (Lipinski definition) is 2. The van der Waals surface area contributed by atoms with Gasteiger partial charge in [0.25, 0.3) is 0 Å². The van der Waals surface area contributed by atoms with Crippen LogP contribution in [0.5, 0.6) is 0 Å². The Hall–Kier alpha value is -2.12. The fraction of sp³-hybridized carbons (Fsp3) is 0.667. The normalized spacial score (nSPS) is 18.0. The van der Waals surface area contributed by atoms with Crippen LogP contribution in [0, 0.1) is 0 Å². The molecule has 1 unspecified atom stereocenters. The summed E-state index contributed by atoms with van der Waals surface area (Å²) in [5.41, 5.74) is 0. The van der Waals surface area contributed by atoms with Gasteiger partial charge in [0.05, 0.1) is 0 Å². The third kappa shape index (κ3) is 3.25. The van der Waals surface area contributed by atoms with Gasteiger partial charge in [0.15, 0.2) is 0 Å². The van der Waals surface area contributed by atoms with Crippen molar-refractivity contribution in [2.45, 2.75) is 19.4 Å². The second-order valence-corrected chi connectivity index (χ2v) is 5.04. The molecule has 0 aromatic carbocycles. The number of carbonyl (C=O) groups is 1. The second-order valence-electron chi connectivity index (χ2n) is 5.04. The van der Waals surface area contributed by atoms with E-state index in [9.17, 15) is 4.79 Å². The zero-order valence-electron chi connectivity index (χ0n) is 12.3. The van der Waals surface area contributed by atoms with E-state index in [1.54, 1.807) is 7.05 Å². The van der Waals surface area contributed by atoms with Crippen LogP contribution in [0.25, 0.3) is 0 Å². The Kier molecular flexibility index (Phi) is 4.21. The van der Waals surface area contributed by atoms with E-state index in [4.69, 9.17) is 0 Å². The summed E-state index contributed by atoms with van der Waals surface area (Å²) in [5.74, 6) is 1.79. The van der Waals surface area contributed by atoms with Crippen LogP contribution in [0.15, 0.2) is 0 Å². The predicted molar refractivity (Wildman–Crippen MR) is 78.1 cm³/mol. The molecule has 8 heteroatoms. The van der Waals surface area contributed by atoms with E-state index in [1.807, 2.05) is 19.0 Å². The number of nitrogens with one attached hydrogen (secondary N) is 2. The Morgan fingerprint density at radius 3 is 2.70 bits per heavy atom. The molecule has 8 nitrogen and oxygen atoms in total. The number of rotatable bonds is 4. The van der Waals surface area contributed by atoms with E-state index in [2.05, 4.69) is 30.5 Å². The molecule has 1 amide bonds. The number of hydrogen-bond acceptors (Lipinski definition) is 7. The zero-order valence-corrected chi connectivity index (χ0v) is 12.3. The van der Waals surface area contributed by atoms with Crippen LogP contribution in [-0.2, 0) is 4.79 Å². The minimum absolute atomic E-state index is 0.00242. The molecule has 0 aliphatic carbocycles. The third-order valence-electron chi connectivity index (χ3n) is 3.11. The SMILES string of the molecule is CNc1nc(N(C)C)nc(N2CCC(NC(C)=O)C2)n1. The quantitative estimate of drug-likeness (QED) is 0.782. The lowest BCUT2D eigenvalue weighted by atomic mass is 10.3. The maximum atomic E-state index is 11.1. The van der Waals surface area contributed by atoms with Gasteiger partial charge in [0.1, 0.15) is 0 Å². The Bertz CT molecular complexity index is 491. The van der Waals surface area contributed by atoms with Crippen LogP contribution in [0.3, 0.4) is 0 Å². The van der Waals surface area contributed by atoms with Crippen molar-refractivity contribution in [1.29, 1.82) is 0 Å². The van der Waals surface area contributed by atoms with Crippen molar-refractivity contribution < 1.29 is 4.79 Å². The number of amides is 1. The topological polar surface area (TPSA) is 86.3 Å². The first kappa shape index (κ1) is 14.3. The van der Waals surface area contributed by atoms with Gasteiger partial charge in [-0.3, -0.25) is 4.79 Å². The van der Waals surface area contributed by atoms with Gasteiger partial charge in [0.2, 0.25) is 23.8 Å². The summed E-state index contributed by atoms with van der Waals surface area (Å²) in [6.45, 7) is 3.08. The Morgan fingerprint density at radius 2 is 2.10 bits per heavy atom. The first-order valence-electron chi connectivity index (χ1n) is 6.63. The average molecular weight is 279 g/mol. The summed E-state index contributed by atoms with van der Waals surface area (Å²) in [5, 5.41) is 5.87. The summed E-state index contributed by atoms with van der Waals surface area (Å²) >= 11 is 0. The first-order chi connectivity index (χ1) is 9.49. The molecule has 2 heterocycles. The van der Waals surface area contributed by atoms with Crippen molar-refractivity contribution in [3.8, 4) is 0 Å². The molecule has 1 aromatic rings. The van der Waals surface area contributed by atoms with Crippen molar-refractivity contribution in [3.63, 3.8) is 0 Å². The molecular formula is C12H21N7O. The molecule has 2 N–H and O–H groups in total. The maximum Gasteiger partial charge on any atom is 0.232 e. The molecule has 1 aliphatic heterocycles. The van der Waals surface area contributed by atoms with Gasteiger partial charge in [-0.05, 0) is 6.42 Å². The average Bonchev–Trinajstić information content (AvgIpc) is 2.85. The molecule has 1 saturated heterocycles. The Labute approximate surface area is 118 Å².